The van der Waals surface area contributed by atoms with E-state index in [2.05, 4.69) is 91.0 Å². The van der Waals surface area contributed by atoms with Crippen molar-refractivity contribution in [3.63, 3.8) is 0 Å². The first-order chi connectivity index (χ1) is 13.4. The van der Waals surface area contributed by atoms with E-state index < -0.39 is 21.8 Å². The molecule has 0 atom stereocenters. The first-order valence-electron chi connectivity index (χ1n) is 9.42. The topological polar surface area (TPSA) is 9.23 Å². The summed E-state index contributed by atoms with van der Waals surface area (Å²) < 4.78 is 9.17. The molecular formula is C26H25Cl2OZr. The minimum absolute atomic E-state index is 0. The van der Waals surface area contributed by atoms with E-state index in [1.165, 1.54) is 22.3 Å². The van der Waals surface area contributed by atoms with Gasteiger partial charge in [-0.3, -0.25) is 0 Å². The SMILES string of the molecule is C.COc1cc[c]([Zr+2]([C]2=CC=CC2)[CH]2c3ccccc3-c3ccccc32)cc1.[Cl-].[Cl-]. The summed E-state index contributed by atoms with van der Waals surface area (Å²) in [4.78, 5) is 0. The molecule has 0 aliphatic heterocycles. The second-order valence-electron chi connectivity index (χ2n) is 7.07. The molecule has 5 rings (SSSR count). The van der Waals surface area contributed by atoms with Crippen molar-refractivity contribution < 1.29 is 51.3 Å². The molecule has 0 spiro atoms. The van der Waals surface area contributed by atoms with E-state index >= 15 is 0 Å². The molecule has 4 heteroatoms. The van der Waals surface area contributed by atoms with E-state index in [1.807, 2.05) is 0 Å². The molecule has 0 radical (unpaired) electrons. The molecule has 3 aromatic rings. The van der Waals surface area contributed by atoms with Crippen LogP contribution in [0.5, 0.6) is 5.75 Å². The summed E-state index contributed by atoms with van der Waals surface area (Å²) in [7, 11) is 1.74. The summed E-state index contributed by atoms with van der Waals surface area (Å²) in [5.41, 5.74) is 5.90. The first kappa shape index (κ1) is 24.7. The Morgan fingerprint density at radius 2 is 1.37 bits per heavy atom. The molecule has 0 unspecified atom stereocenters. The quantitative estimate of drug-likeness (QED) is 0.483. The van der Waals surface area contributed by atoms with Crippen molar-refractivity contribution in [3.8, 4) is 16.9 Å². The Morgan fingerprint density at radius 3 is 1.87 bits per heavy atom. The number of hydrogen-bond donors (Lipinski definition) is 0. The maximum Gasteiger partial charge on any atom is -1.00 e. The van der Waals surface area contributed by atoms with E-state index in [4.69, 9.17) is 4.74 Å². The van der Waals surface area contributed by atoms with Crippen LogP contribution in [0.3, 0.4) is 0 Å². The Balaban J connectivity index is 0.00000107. The van der Waals surface area contributed by atoms with Crippen LogP contribution in [0.1, 0.15) is 28.6 Å². The van der Waals surface area contributed by atoms with Crippen LogP contribution in [0.4, 0.5) is 0 Å². The first-order valence-corrected chi connectivity index (χ1v) is 13.3. The summed E-state index contributed by atoms with van der Waals surface area (Å²) in [6, 6.07) is 26.9. The van der Waals surface area contributed by atoms with Crippen molar-refractivity contribution in [3.05, 3.63) is 105 Å². The van der Waals surface area contributed by atoms with Gasteiger partial charge in [0.05, 0.1) is 0 Å². The van der Waals surface area contributed by atoms with Crippen LogP contribution in [0.15, 0.2) is 94.3 Å². The molecular weight excluding hydrogens is 490 g/mol. The predicted molar refractivity (Wildman–Crippen MR) is 115 cm³/mol. The fraction of sp³-hybridized carbons (Fsp3) is 0.154. The van der Waals surface area contributed by atoms with Crippen molar-refractivity contribution in [2.75, 3.05) is 7.11 Å². The summed E-state index contributed by atoms with van der Waals surface area (Å²) in [6.07, 6.45) is 8.06. The summed E-state index contributed by atoms with van der Waals surface area (Å²) in [5.74, 6) is 0.937. The number of methoxy groups -OCH3 is 1. The van der Waals surface area contributed by atoms with Crippen LogP contribution < -0.4 is 32.8 Å². The summed E-state index contributed by atoms with van der Waals surface area (Å²) in [6.45, 7) is 0. The van der Waals surface area contributed by atoms with Gasteiger partial charge in [-0.05, 0) is 0 Å². The number of halogens is 2. The molecule has 0 heterocycles. The monoisotopic (exact) mass is 513 g/mol. The van der Waals surface area contributed by atoms with Gasteiger partial charge in [-0.25, -0.2) is 0 Å². The molecule has 0 fully saturated rings. The third-order valence-electron chi connectivity index (χ3n) is 5.64. The van der Waals surface area contributed by atoms with Gasteiger partial charge >= 0.3 is 169 Å². The maximum atomic E-state index is 5.41. The van der Waals surface area contributed by atoms with Gasteiger partial charge in [-0.1, -0.05) is 7.43 Å². The fourth-order valence-electron chi connectivity index (χ4n) is 4.42. The smallest absolute Gasteiger partial charge is 1.00 e. The van der Waals surface area contributed by atoms with E-state index in [0.717, 1.165) is 12.2 Å². The second kappa shape index (κ2) is 10.6. The van der Waals surface area contributed by atoms with Crippen LogP contribution >= 0.6 is 0 Å². The molecule has 2 aliphatic rings. The Kier molecular flexibility index (Phi) is 8.74. The Bertz CT molecular complexity index is 1010. The molecule has 2 aliphatic carbocycles. The van der Waals surface area contributed by atoms with Crippen LogP contribution in [-0.4, -0.2) is 7.11 Å². The van der Waals surface area contributed by atoms with Gasteiger partial charge in [0.15, 0.2) is 0 Å². The third kappa shape index (κ3) is 4.24. The van der Waals surface area contributed by atoms with Gasteiger partial charge in [0.1, 0.15) is 0 Å². The largest absolute Gasteiger partial charge is 1.00 e. The predicted octanol–water partition coefficient (Wildman–Crippen LogP) is 0.197. The summed E-state index contributed by atoms with van der Waals surface area (Å²) >= 11 is -2.20. The van der Waals surface area contributed by atoms with Crippen molar-refractivity contribution in [1.82, 2.24) is 0 Å². The number of fused-ring (bicyclic) bond motifs is 3. The van der Waals surface area contributed by atoms with E-state index in [-0.39, 0.29) is 32.2 Å². The van der Waals surface area contributed by atoms with Gasteiger partial charge in [-0.2, -0.15) is 0 Å². The minimum Gasteiger partial charge on any atom is -1.00 e. The van der Waals surface area contributed by atoms with Crippen molar-refractivity contribution in [2.45, 2.75) is 17.5 Å². The van der Waals surface area contributed by atoms with Gasteiger partial charge in [-0.15, -0.1) is 0 Å². The number of benzene rings is 3. The fourth-order valence-corrected chi connectivity index (χ4v) is 12.6. The van der Waals surface area contributed by atoms with Crippen molar-refractivity contribution >= 4 is 3.27 Å². The summed E-state index contributed by atoms with van der Waals surface area (Å²) in [5, 5.41) is 0. The number of allylic oxidation sites excluding steroid dienone is 4. The molecule has 0 aromatic heterocycles. The average Bonchev–Trinajstić information content (AvgIpc) is 3.37. The van der Waals surface area contributed by atoms with Crippen LogP contribution in [0.25, 0.3) is 11.1 Å². The van der Waals surface area contributed by atoms with Gasteiger partial charge in [0.2, 0.25) is 0 Å². The Morgan fingerprint density at radius 1 is 0.800 bits per heavy atom. The Labute approximate surface area is 200 Å². The van der Waals surface area contributed by atoms with Gasteiger partial charge in [0, 0.05) is 0 Å². The molecule has 30 heavy (non-hydrogen) atoms. The zero-order valence-electron chi connectivity index (χ0n) is 16.1. The molecule has 0 saturated carbocycles. The van der Waals surface area contributed by atoms with Crippen LogP contribution in [-0.2, 0) is 21.8 Å². The minimum atomic E-state index is -2.20. The molecule has 0 N–H and O–H groups in total. The van der Waals surface area contributed by atoms with E-state index in [0.29, 0.717) is 3.63 Å². The second-order valence-corrected chi connectivity index (χ2v) is 13.5. The third-order valence-corrected chi connectivity index (χ3v) is 13.5. The number of ether oxygens (including phenoxy) is 1. The molecule has 0 saturated heterocycles. The Hall–Kier alpha value is -1.60. The number of rotatable bonds is 4. The van der Waals surface area contributed by atoms with Crippen molar-refractivity contribution in [2.24, 2.45) is 0 Å². The molecule has 1 nitrogen and oxygen atoms in total. The number of hydrogen-bond acceptors (Lipinski definition) is 1. The van der Waals surface area contributed by atoms with Gasteiger partial charge < -0.3 is 24.8 Å². The average molecular weight is 516 g/mol. The standard InChI is InChI=1S/C13H9.C7H7O.C5H5.CH4.2ClH.Zr/c1-3-7-12-10(5-1)9-11-6-2-4-8-13(11)12;1-8-7-5-3-2-4-6-7;1-2-4-5-3-1;;;;/h1-9H;3-6H,1H3;1-3H,4H2;1H4;2*1H;/q;;;;;;+2/p-2. The van der Waals surface area contributed by atoms with Crippen LogP contribution in [0.2, 0.25) is 0 Å². The molecule has 153 valence electrons. The van der Waals surface area contributed by atoms with Crippen molar-refractivity contribution in [1.29, 1.82) is 0 Å². The normalized spacial score (nSPS) is 13.2. The van der Waals surface area contributed by atoms with Crippen LogP contribution in [0, 0.1) is 0 Å². The molecule has 3 aromatic carbocycles. The zero-order valence-corrected chi connectivity index (χ0v) is 20.1. The van der Waals surface area contributed by atoms with Gasteiger partial charge in [0.25, 0.3) is 0 Å². The molecule has 0 amide bonds. The molecule has 0 bridgehead atoms. The van der Waals surface area contributed by atoms with E-state index in [9.17, 15) is 0 Å². The van der Waals surface area contributed by atoms with E-state index in [1.54, 1.807) is 13.7 Å². The maximum absolute atomic E-state index is 5.41. The zero-order chi connectivity index (χ0) is 18.2.